The van der Waals surface area contributed by atoms with Gasteiger partial charge in [0.25, 0.3) is 0 Å². The largest absolute Gasteiger partial charge is 0.379 e. The molecule has 0 amide bonds. The number of nitrogens with zero attached hydrogens (tertiary/aromatic N) is 1. The van der Waals surface area contributed by atoms with Gasteiger partial charge in [-0.2, -0.15) is 0 Å². The zero-order valence-corrected chi connectivity index (χ0v) is 10.1. The van der Waals surface area contributed by atoms with Gasteiger partial charge in [0.2, 0.25) is 0 Å². The lowest BCUT2D eigenvalue weighted by Gasteiger charge is -2.09. The summed E-state index contributed by atoms with van der Waals surface area (Å²) in [5, 5.41) is 3.55. The minimum atomic E-state index is -0.299. The molecule has 0 radical (unpaired) electrons. The first kappa shape index (κ1) is 11.9. The van der Waals surface area contributed by atoms with Crippen LogP contribution in [0.4, 0.5) is 10.1 Å². The molecule has 2 nitrogen and oxygen atoms in total. The van der Waals surface area contributed by atoms with Crippen molar-refractivity contribution in [2.45, 2.75) is 13.5 Å². The van der Waals surface area contributed by atoms with E-state index in [9.17, 15) is 4.39 Å². The molecule has 1 heterocycles. The highest BCUT2D eigenvalue weighted by atomic mass is 35.5. The first-order valence-electron chi connectivity index (χ1n) is 5.26. The van der Waals surface area contributed by atoms with Crippen molar-refractivity contribution < 1.29 is 4.39 Å². The van der Waals surface area contributed by atoms with Crippen molar-refractivity contribution in [2.75, 3.05) is 5.32 Å². The molecular formula is C13H12ClFN2. The van der Waals surface area contributed by atoms with Crippen LogP contribution in [0.3, 0.4) is 0 Å². The van der Waals surface area contributed by atoms with Gasteiger partial charge < -0.3 is 5.32 Å². The van der Waals surface area contributed by atoms with Crippen LogP contribution in [0.5, 0.6) is 0 Å². The van der Waals surface area contributed by atoms with Gasteiger partial charge in [0.05, 0.1) is 11.4 Å². The molecule has 0 aliphatic rings. The van der Waals surface area contributed by atoms with Crippen molar-refractivity contribution >= 4 is 17.3 Å². The summed E-state index contributed by atoms with van der Waals surface area (Å²) >= 11 is 5.69. The number of benzene rings is 1. The van der Waals surface area contributed by atoms with Crippen molar-refractivity contribution in [3.8, 4) is 0 Å². The SMILES string of the molecule is Cc1ncccc1NCc1ccc(Cl)cc1F. The molecule has 0 saturated heterocycles. The van der Waals surface area contributed by atoms with Crippen LogP contribution in [-0.2, 0) is 6.54 Å². The van der Waals surface area contributed by atoms with Crippen molar-refractivity contribution in [1.29, 1.82) is 0 Å². The van der Waals surface area contributed by atoms with Crippen molar-refractivity contribution in [3.05, 3.63) is 58.6 Å². The van der Waals surface area contributed by atoms with Gasteiger partial charge in [0.1, 0.15) is 5.82 Å². The van der Waals surface area contributed by atoms with E-state index in [1.165, 1.54) is 6.07 Å². The quantitative estimate of drug-likeness (QED) is 0.896. The smallest absolute Gasteiger partial charge is 0.129 e. The maximum atomic E-state index is 13.5. The summed E-state index contributed by atoms with van der Waals surface area (Å²) in [5.41, 5.74) is 2.38. The standard InChI is InChI=1S/C13H12ClFN2/c1-9-13(3-2-6-16-9)17-8-10-4-5-11(14)7-12(10)15/h2-7,17H,8H2,1H3. The molecule has 0 spiro atoms. The van der Waals surface area contributed by atoms with Crippen LogP contribution in [0.15, 0.2) is 36.5 Å². The number of hydrogen-bond acceptors (Lipinski definition) is 2. The van der Waals surface area contributed by atoms with Gasteiger partial charge in [-0.25, -0.2) is 4.39 Å². The molecule has 1 aromatic heterocycles. The highest BCUT2D eigenvalue weighted by Gasteiger charge is 2.03. The van der Waals surface area contributed by atoms with E-state index in [0.717, 1.165) is 11.4 Å². The summed E-state index contributed by atoms with van der Waals surface area (Å²) in [6.07, 6.45) is 1.73. The Morgan fingerprint density at radius 2 is 2.18 bits per heavy atom. The Labute approximate surface area is 104 Å². The van der Waals surface area contributed by atoms with E-state index >= 15 is 0 Å². The lowest BCUT2D eigenvalue weighted by Crippen LogP contribution is -2.03. The molecule has 2 aromatic rings. The molecule has 1 N–H and O–H groups in total. The molecule has 0 unspecified atom stereocenters. The average molecular weight is 251 g/mol. The topological polar surface area (TPSA) is 24.9 Å². The Balaban J connectivity index is 2.10. The zero-order valence-electron chi connectivity index (χ0n) is 9.37. The van der Waals surface area contributed by atoms with Gasteiger partial charge in [0, 0.05) is 23.3 Å². The molecule has 0 saturated carbocycles. The van der Waals surface area contributed by atoms with Crippen LogP contribution < -0.4 is 5.32 Å². The maximum Gasteiger partial charge on any atom is 0.129 e. The molecule has 1 aromatic carbocycles. The van der Waals surface area contributed by atoms with E-state index < -0.39 is 0 Å². The van der Waals surface area contributed by atoms with Gasteiger partial charge in [-0.05, 0) is 31.2 Å². The maximum absolute atomic E-state index is 13.5. The van der Waals surface area contributed by atoms with Crippen LogP contribution in [0.25, 0.3) is 0 Å². The second-order valence-electron chi connectivity index (χ2n) is 3.73. The molecule has 0 aliphatic heterocycles. The highest BCUT2D eigenvalue weighted by molar-refractivity contribution is 6.30. The molecular weight excluding hydrogens is 239 g/mol. The third kappa shape index (κ3) is 2.94. The average Bonchev–Trinajstić information content (AvgIpc) is 2.30. The third-order valence-electron chi connectivity index (χ3n) is 2.49. The van der Waals surface area contributed by atoms with Crippen molar-refractivity contribution in [1.82, 2.24) is 4.98 Å². The second kappa shape index (κ2) is 5.15. The summed E-state index contributed by atoms with van der Waals surface area (Å²) in [6.45, 7) is 2.32. The molecule has 88 valence electrons. The predicted octanol–water partition coefficient (Wildman–Crippen LogP) is 3.79. The van der Waals surface area contributed by atoms with Crippen LogP contribution in [0.1, 0.15) is 11.3 Å². The number of nitrogens with one attached hydrogen (secondary N) is 1. The zero-order chi connectivity index (χ0) is 12.3. The Kier molecular flexibility index (Phi) is 3.59. The van der Waals surface area contributed by atoms with Gasteiger partial charge >= 0.3 is 0 Å². The fraction of sp³-hybridized carbons (Fsp3) is 0.154. The number of hydrogen-bond donors (Lipinski definition) is 1. The first-order valence-corrected chi connectivity index (χ1v) is 5.64. The van der Waals surface area contributed by atoms with Crippen LogP contribution >= 0.6 is 11.6 Å². The van der Waals surface area contributed by atoms with Gasteiger partial charge in [-0.3, -0.25) is 4.98 Å². The van der Waals surface area contributed by atoms with E-state index in [-0.39, 0.29) is 5.82 Å². The van der Waals surface area contributed by atoms with Gasteiger partial charge in [-0.1, -0.05) is 17.7 Å². The summed E-state index contributed by atoms with van der Waals surface area (Å²) < 4.78 is 13.5. The van der Waals surface area contributed by atoms with E-state index in [1.54, 1.807) is 18.3 Å². The summed E-state index contributed by atoms with van der Waals surface area (Å²) in [4.78, 5) is 4.15. The number of halogens is 2. The number of anilines is 1. The van der Waals surface area contributed by atoms with E-state index in [2.05, 4.69) is 10.3 Å². The fourth-order valence-electron chi connectivity index (χ4n) is 1.53. The summed E-state index contributed by atoms with van der Waals surface area (Å²) in [5.74, 6) is -0.299. The second-order valence-corrected chi connectivity index (χ2v) is 4.16. The number of pyridine rings is 1. The fourth-order valence-corrected chi connectivity index (χ4v) is 1.69. The number of rotatable bonds is 3. The Bertz CT molecular complexity index is 529. The molecule has 4 heteroatoms. The van der Waals surface area contributed by atoms with Crippen LogP contribution in [0.2, 0.25) is 5.02 Å². The lowest BCUT2D eigenvalue weighted by atomic mass is 10.2. The highest BCUT2D eigenvalue weighted by Crippen LogP contribution is 2.17. The van der Waals surface area contributed by atoms with E-state index in [1.807, 2.05) is 19.1 Å². The Morgan fingerprint density at radius 1 is 1.35 bits per heavy atom. The van der Waals surface area contributed by atoms with Gasteiger partial charge in [-0.15, -0.1) is 0 Å². The molecule has 2 rings (SSSR count). The van der Waals surface area contributed by atoms with E-state index in [0.29, 0.717) is 17.1 Å². The lowest BCUT2D eigenvalue weighted by molar-refractivity contribution is 0.613. The van der Waals surface area contributed by atoms with Crippen LogP contribution in [-0.4, -0.2) is 4.98 Å². The number of aromatic nitrogens is 1. The molecule has 0 atom stereocenters. The Morgan fingerprint density at radius 3 is 2.88 bits per heavy atom. The predicted molar refractivity (Wildman–Crippen MR) is 67.7 cm³/mol. The molecule has 0 fully saturated rings. The van der Waals surface area contributed by atoms with Gasteiger partial charge in [0.15, 0.2) is 0 Å². The van der Waals surface area contributed by atoms with Crippen molar-refractivity contribution in [3.63, 3.8) is 0 Å². The normalized spacial score (nSPS) is 10.3. The molecule has 0 bridgehead atoms. The summed E-state index contributed by atoms with van der Waals surface area (Å²) in [7, 11) is 0. The van der Waals surface area contributed by atoms with Crippen molar-refractivity contribution in [2.24, 2.45) is 0 Å². The summed E-state index contributed by atoms with van der Waals surface area (Å²) in [6, 6.07) is 8.42. The van der Waals surface area contributed by atoms with E-state index in [4.69, 9.17) is 11.6 Å². The van der Waals surface area contributed by atoms with Crippen LogP contribution in [0, 0.1) is 12.7 Å². The minimum Gasteiger partial charge on any atom is -0.379 e. The third-order valence-corrected chi connectivity index (χ3v) is 2.73. The first-order chi connectivity index (χ1) is 8.16. The molecule has 0 aliphatic carbocycles. The monoisotopic (exact) mass is 250 g/mol. The Hall–Kier alpha value is -1.61. The minimum absolute atomic E-state index is 0.299. The molecule has 17 heavy (non-hydrogen) atoms. The number of aryl methyl sites for hydroxylation is 1.